The van der Waals surface area contributed by atoms with Crippen LogP contribution in [0.1, 0.15) is 5.56 Å². The second-order valence-electron chi connectivity index (χ2n) is 11.4. The molecule has 0 atom stereocenters. The van der Waals surface area contributed by atoms with Gasteiger partial charge in [-0.15, -0.1) is 0 Å². The lowest BCUT2D eigenvalue weighted by Crippen LogP contribution is -1.94. The third-order valence-electron chi connectivity index (χ3n) is 8.63. The highest BCUT2D eigenvalue weighted by Gasteiger charge is 2.15. The number of benzene rings is 7. The van der Waals surface area contributed by atoms with Crippen LogP contribution in [0.15, 0.2) is 170 Å². The number of hydrogen-bond donors (Lipinski definition) is 0. The molecule has 0 saturated carbocycles. The molecule has 0 fully saturated rings. The number of rotatable bonds is 5. The normalized spacial score (nSPS) is 11.1. The molecule has 8 aromatic rings. The minimum Gasteiger partial charge on any atom is -0.309 e. The molecule has 210 valence electrons. The van der Waals surface area contributed by atoms with Gasteiger partial charge in [-0.25, -0.2) is 0 Å². The maximum absolute atomic E-state index is 9.44. The maximum Gasteiger partial charge on any atom is 0.0991 e. The van der Waals surface area contributed by atoms with Crippen molar-refractivity contribution in [3.63, 3.8) is 0 Å². The first-order valence-corrected chi connectivity index (χ1v) is 15.2. The van der Waals surface area contributed by atoms with Crippen LogP contribution in [0.5, 0.6) is 0 Å². The van der Waals surface area contributed by atoms with Crippen molar-refractivity contribution in [1.29, 1.82) is 5.26 Å². The van der Waals surface area contributed by atoms with Crippen molar-refractivity contribution in [3.8, 4) is 56.3 Å². The lowest BCUT2D eigenvalue weighted by atomic mass is 9.97. The van der Waals surface area contributed by atoms with Crippen LogP contribution in [0, 0.1) is 11.3 Å². The van der Waals surface area contributed by atoms with E-state index >= 15 is 0 Å². The Kier molecular flexibility index (Phi) is 6.56. The molecule has 0 bridgehead atoms. The molecule has 0 saturated heterocycles. The van der Waals surface area contributed by atoms with Crippen LogP contribution in [0.4, 0.5) is 0 Å². The van der Waals surface area contributed by atoms with Gasteiger partial charge in [0.15, 0.2) is 0 Å². The van der Waals surface area contributed by atoms with E-state index in [0.29, 0.717) is 5.56 Å². The molecule has 0 unspecified atom stereocenters. The van der Waals surface area contributed by atoms with Crippen molar-refractivity contribution < 1.29 is 0 Å². The van der Waals surface area contributed by atoms with Crippen LogP contribution in [0.2, 0.25) is 0 Å². The molecule has 0 radical (unpaired) electrons. The Balaban J connectivity index is 1.31. The van der Waals surface area contributed by atoms with Crippen LogP contribution in [0.25, 0.3) is 72.0 Å². The predicted octanol–water partition coefficient (Wildman–Crippen LogP) is 11.3. The number of aromatic nitrogens is 1. The SMILES string of the molecule is N#Cc1ccc(-n2c3ccc(-c4cccc(-c5ccccc5)c4)cc3c3ccc(-c4cccc(-c5ccccc5)c4)cc32)cc1. The van der Waals surface area contributed by atoms with Gasteiger partial charge in [0.2, 0.25) is 0 Å². The van der Waals surface area contributed by atoms with E-state index in [1.54, 1.807) is 0 Å². The molecule has 0 spiro atoms. The highest BCUT2D eigenvalue weighted by atomic mass is 15.0. The first-order valence-electron chi connectivity index (χ1n) is 15.2. The van der Waals surface area contributed by atoms with Gasteiger partial charge in [-0.2, -0.15) is 5.26 Å². The van der Waals surface area contributed by atoms with Crippen LogP contribution >= 0.6 is 0 Å². The summed E-state index contributed by atoms with van der Waals surface area (Å²) in [6, 6.07) is 62.2. The molecular weight excluding hydrogens is 544 g/mol. The van der Waals surface area contributed by atoms with Crippen molar-refractivity contribution in [2.24, 2.45) is 0 Å². The van der Waals surface area contributed by atoms with Gasteiger partial charge >= 0.3 is 0 Å². The van der Waals surface area contributed by atoms with E-state index in [0.717, 1.165) is 22.3 Å². The van der Waals surface area contributed by atoms with E-state index in [2.05, 4.69) is 156 Å². The summed E-state index contributed by atoms with van der Waals surface area (Å²) in [6.45, 7) is 0. The van der Waals surface area contributed by atoms with Gasteiger partial charge in [-0.1, -0.05) is 115 Å². The summed E-state index contributed by atoms with van der Waals surface area (Å²) in [4.78, 5) is 0. The number of hydrogen-bond acceptors (Lipinski definition) is 1. The zero-order chi connectivity index (χ0) is 30.2. The number of fused-ring (bicyclic) bond motifs is 3. The quantitative estimate of drug-likeness (QED) is 0.202. The van der Waals surface area contributed by atoms with Gasteiger partial charge in [0, 0.05) is 16.5 Å². The summed E-state index contributed by atoms with van der Waals surface area (Å²) < 4.78 is 2.32. The van der Waals surface area contributed by atoms with Crippen molar-refractivity contribution in [3.05, 3.63) is 175 Å². The first-order chi connectivity index (χ1) is 22.2. The molecule has 1 heterocycles. The van der Waals surface area contributed by atoms with Crippen LogP contribution < -0.4 is 0 Å². The summed E-state index contributed by atoms with van der Waals surface area (Å²) >= 11 is 0. The van der Waals surface area contributed by atoms with Gasteiger partial charge in [0.25, 0.3) is 0 Å². The Morgan fingerprint density at radius 1 is 0.356 bits per heavy atom. The highest BCUT2D eigenvalue weighted by Crippen LogP contribution is 2.38. The Bertz CT molecular complexity index is 2360. The lowest BCUT2D eigenvalue weighted by molar-refractivity contribution is 1.18. The molecule has 0 aliphatic heterocycles. The number of nitriles is 1. The summed E-state index contributed by atoms with van der Waals surface area (Å²) in [5.41, 5.74) is 13.5. The van der Waals surface area contributed by atoms with Gasteiger partial charge < -0.3 is 4.57 Å². The zero-order valence-corrected chi connectivity index (χ0v) is 24.6. The van der Waals surface area contributed by atoms with E-state index in [4.69, 9.17) is 0 Å². The minimum absolute atomic E-state index is 0.651. The second kappa shape index (κ2) is 11.2. The third kappa shape index (κ3) is 4.87. The molecule has 0 aliphatic rings. The van der Waals surface area contributed by atoms with Crippen LogP contribution in [-0.2, 0) is 0 Å². The van der Waals surface area contributed by atoms with Crippen LogP contribution in [-0.4, -0.2) is 4.57 Å². The summed E-state index contributed by atoms with van der Waals surface area (Å²) in [5, 5.41) is 11.8. The predicted molar refractivity (Wildman–Crippen MR) is 187 cm³/mol. The van der Waals surface area contributed by atoms with Gasteiger partial charge in [0.05, 0.1) is 22.7 Å². The standard InChI is InChI=1S/C43H28N2/c44-29-30-17-21-39(22-18-30)45-42-24-20-37(35-15-7-13-33(25-35)31-9-3-1-4-10-31)27-41(42)40-23-19-38(28-43(40)45)36-16-8-14-34(26-36)32-11-5-2-6-12-32/h1-28H. The lowest BCUT2D eigenvalue weighted by Gasteiger charge is -2.10. The molecule has 45 heavy (non-hydrogen) atoms. The molecule has 1 aromatic heterocycles. The van der Waals surface area contributed by atoms with E-state index in [1.165, 1.54) is 49.7 Å². The van der Waals surface area contributed by atoms with Crippen molar-refractivity contribution in [2.45, 2.75) is 0 Å². The molecule has 0 amide bonds. The Hall–Kier alpha value is -6.17. The fourth-order valence-electron chi connectivity index (χ4n) is 6.36. The molecular formula is C43H28N2. The summed E-state index contributed by atoms with van der Waals surface area (Å²) in [7, 11) is 0. The Morgan fingerprint density at radius 2 is 0.844 bits per heavy atom. The minimum atomic E-state index is 0.651. The van der Waals surface area contributed by atoms with E-state index in [9.17, 15) is 5.26 Å². The van der Waals surface area contributed by atoms with E-state index in [1.807, 2.05) is 24.3 Å². The molecule has 8 rings (SSSR count). The average Bonchev–Trinajstić information content (AvgIpc) is 3.45. The van der Waals surface area contributed by atoms with Gasteiger partial charge in [-0.05, 0) is 99.1 Å². The number of nitrogens with zero attached hydrogens (tertiary/aromatic N) is 2. The molecule has 0 N–H and O–H groups in total. The fraction of sp³-hybridized carbons (Fsp3) is 0. The molecule has 2 heteroatoms. The summed E-state index contributed by atoms with van der Waals surface area (Å²) in [6.07, 6.45) is 0. The van der Waals surface area contributed by atoms with Gasteiger partial charge in [0.1, 0.15) is 0 Å². The third-order valence-corrected chi connectivity index (χ3v) is 8.63. The van der Waals surface area contributed by atoms with Crippen molar-refractivity contribution >= 4 is 21.8 Å². The van der Waals surface area contributed by atoms with Crippen molar-refractivity contribution in [2.75, 3.05) is 0 Å². The fourth-order valence-corrected chi connectivity index (χ4v) is 6.36. The average molecular weight is 573 g/mol. The molecule has 2 nitrogen and oxygen atoms in total. The first kappa shape index (κ1) is 26.5. The molecule has 0 aliphatic carbocycles. The second-order valence-corrected chi connectivity index (χ2v) is 11.4. The van der Waals surface area contributed by atoms with Gasteiger partial charge in [-0.3, -0.25) is 0 Å². The highest BCUT2D eigenvalue weighted by molar-refractivity contribution is 6.11. The van der Waals surface area contributed by atoms with Crippen molar-refractivity contribution in [1.82, 2.24) is 4.57 Å². The topological polar surface area (TPSA) is 28.7 Å². The largest absolute Gasteiger partial charge is 0.309 e. The monoisotopic (exact) mass is 572 g/mol. The van der Waals surface area contributed by atoms with E-state index in [-0.39, 0.29) is 0 Å². The van der Waals surface area contributed by atoms with E-state index < -0.39 is 0 Å². The summed E-state index contributed by atoms with van der Waals surface area (Å²) in [5.74, 6) is 0. The maximum atomic E-state index is 9.44. The Morgan fingerprint density at radius 3 is 1.42 bits per heavy atom. The van der Waals surface area contributed by atoms with Crippen LogP contribution in [0.3, 0.4) is 0 Å². The Labute approximate surface area is 262 Å². The smallest absolute Gasteiger partial charge is 0.0991 e. The molecule has 7 aromatic carbocycles. The zero-order valence-electron chi connectivity index (χ0n) is 24.6.